The third-order valence-corrected chi connectivity index (χ3v) is 12.1. The first-order valence-corrected chi connectivity index (χ1v) is 18.8. The third-order valence-electron chi connectivity index (χ3n) is 10.0. The summed E-state index contributed by atoms with van der Waals surface area (Å²) in [6.07, 6.45) is 7.06. The number of aliphatic hydroxyl groups is 1. The lowest BCUT2D eigenvalue weighted by Gasteiger charge is -2.48. The predicted octanol–water partition coefficient (Wildman–Crippen LogP) is 5.21. The lowest BCUT2D eigenvalue weighted by atomic mass is 9.72. The Morgan fingerprint density at radius 1 is 1.17 bits per heavy atom. The van der Waals surface area contributed by atoms with Crippen molar-refractivity contribution in [3.8, 4) is 5.75 Å². The molecule has 0 aliphatic carbocycles. The summed E-state index contributed by atoms with van der Waals surface area (Å²) in [5.41, 5.74) is 2.38. The van der Waals surface area contributed by atoms with Crippen LogP contribution in [0.25, 0.3) is 10.2 Å². The molecule has 3 aliphatic heterocycles. The number of H-pyrrole nitrogens is 1. The number of benzene rings is 2. The van der Waals surface area contributed by atoms with Gasteiger partial charge in [-0.15, -0.1) is 11.8 Å². The van der Waals surface area contributed by atoms with E-state index in [1.54, 1.807) is 17.8 Å². The molecule has 2 fully saturated rings. The number of rotatable bonds is 12. The van der Waals surface area contributed by atoms with Crippen molar-refractivity contribution in [1.29, 1.82) is 0 Å². The highest BCUT2D eigenvalue weighted by atomic mass is 32.2. The number of thioether (sulfide) groups is 1. The highest BCUT2D eigenvalue weighted by Gasteiger charge is 2.41. The molecule has 2 saturated heterocycles. The quantitative estimate of drug-likeness (QED) is 0.194. The summed E-state index contributed by atoms with van der Waals surface area (Å²) < 4.78 is 16.1. The molecule has 3 aromatic rings. The molecule has 9 nitrogen and oxygen atoms in total. The normalized spacial score (nSPS) is 20.6. The van der Waals surface area contributed by atoms with Crippen LogP contribution in [0.15, 0.2) is 40.1 Å². The van der Waals surface area contributed by atoms with Gasteiger partial charge in [-0.25, -0.2) is 4.39 Å². The number of likely N-dealkylation sites (tertiary alicyclic amines) is 2. The number of hydrogen-bond acceptors (Lipinski definition) is 9. The van der Waals surface area contributed by atoms with E-state index in [-0.39, 0.29) is 40.3 Å². The molecular weight excluding hydrogens is 638 g/mol. The van der Waals surface area contributed by atoms with Crippen LogP contribution >= 0.6 is 23.1 Å². The van der Waals surface area contributed by atoms with E-state index in [9.17, 15) is 19.8 Å². The van der Waals surface area contributed by atoms with Gasteiger partial charge in [0.1, 0.15) is 23.1 Å². The van der Waals surface area contributed by atoms with Gasteiger partial charge in [0.25, 0.3) is 0 Å². The maximum absolute atomic E-state index is 15.6. The Balaban J connectivity index is 0.975. The van der Waals surface area contributed by atoms with Crippen LogP contribution in [0.1, 0.15) is 74.7 Å². The van der Waals surface area contributed by atoms with Crippen molar-refractivity contribution in [1.82, 2.24) is 20.1 Å². The summed E-state index contributed by atoms with van der Waals surface area (Å²) in [7, 11) is 0. The summed E-state index contributed by atoms with van der Waals surface area (Å²) in [4.78, 5) is 36.7. The highest BCUT2D eigenvalue weighted by Crippen LogP contribution is 2.41. The fourth-order valence-corrected chi connectivity index (χ4v) is 9.25. The van der Waals surface area contributed by atoms with E-state index in [0.717, 1.165) is 93.3 Å². The van der Waals surface area contributed by atoms with Crippen LogP contribution < -0.4 is 10.2 Å². The molecular formula is C35H46FN5O4S2. The number of piperidine rings is 2. The molecule has 1 aromatic heterocycles. The van der Waals surface area contributed by atoms with Crippen LogP contribution in [0.4, 0.5) is 4.39 Å². The Kier molecular flexibility index (Phi) is 11.0. The minimum absolute atomic E-state index is 0.0284. The lowest BCUT2D eigenvalue weighted by Crippen LogP contribution is -2.52. The molecule has 0 radical (unpaired) electrons. The van der Waals surface area contributed by atoms with Gasteiger partial charge in [-0.1, -0.05) is 48.9 Å². The zero-order valence-corrected chi connectivity index (χ0v) is 28.7. The smallest absolute Gasteiger partial charge is 0.305 e. The molecule has 1 amide bonds. The Bertz CT molecular complexity index is 1650. The van der Waals surface area contributed by atoms with Crippen LogP contribution in [0.3, 0.4) is 0 Å². The summed E-state index contributed by atoms with van der Waals surface area (Å²) in [6.45, 7) is 6.89. The Hall–Kier alpha value is -2.77. The van der Waals surface area contributed by atoms with Gasteiger partial charge in [-0.3, -0.25) is 19.5 Å². The van der Waals surface area contributed by atoms with Crippen molar-refractivity contribution in [3.63, 3.8) is 0 Å². The van der Waals surface area contributed by atoms with Crippen molar-refractivity contribution in [2.45, 2.75) is 77.0 Å². The standard InChI is InChI=1S/C35H46FN5O4S2/c1-2-3-8-29-38-26(21-46-29)33(44)41-16-5-12-35(22-41)13-17-40(18-14-35)20-24-7-4-6-23(30(24)36)11-15-37-19-28(43)25-9-10-27(42)31-32(25)47-34(45)39-31/h4,6-7,9-10,26,28,37,42-43H,2-3,5,8,11-22H2,1H3,(H,39,45)/t26?,28-/m0/s1. The number of nitrogens with zero attached hydrogens (tertiary/aromatic N) is 3. The number of carbonyl (C=O) groups is 1. The molecule has 3 aliphatic rings. The number of halogens is 1. The van der Waals surface area contributed by atoms with Crippen molar-refractivity contribution >= 4 is 44.3 Å². The topological polar surface area (TPSA) is 121 Å². The number of thiazole rings is 1. The fourth-order valence-electron chi connectivity index (χ4n) is 7.28. The fraction of sp³-hybridized carbons (Fsp3) is 0.571. The van der Waals surface area contributed by atoms with Crippen molar-refractivity contribution < 1.29 is 19.4 Å². The molecule has 0 saturated carbocycles. The molecule has 6 rings (SSSR count). The number of aliphatic imine (C=N–C) groups is 1. The number of carbonyl (C=O) groups excluding carboxylic acids is 1. The molecule has 2 atom stereocenters. The van der Waals surface area contributed by atoms with Gasteiger partial charge < -0.3 is 25.4 Å². The van der Waals surface area contributed by atoms with E-state index in [1.165, 1.54) is 6.07 Å². The molecule has 4 heterocycles. The molecule has 254 valence electrons. The lowest BCUT2D eigenvalue weighted by molar-refractivity contribution is -0.136. The van der Waals surface area contributed by atoms with E-state index in [1.807, 2.05) is 18.2 Å². The summed E-state index contributed by atoms with van der Waals surface area (Å²) >= 11 is 2.71. The summed E-state index contributed by atoms with van der Waals surface area (Å²) in [6, 6.07) is 8.47. The average molecular weight is 684 g/mol. The minimum Gasteiger partial charge on any atom is -0.506 e. The molecule has 12 heteroatoms. The van der Waals surface area contributed by atoms with E-state index >= 15 is 4.39 Å². The first kappa shape index (κ1) is 34.1. The highest BCUT2D eigenvalue weighted by molar-refractivity contribution is 8.14. The third kappa shape index (κ3) is 7.94. The Morgan fingerprint density at radius 3 is 2.79 bits per heavy atom. The van der Waals surface area contributed by atoms with Crippen molar-refractivity contribution in [2.75, 3.05) is 45.0 Å². The largest absolute Gasteiger partial charge is 0.506 e. The summed E-state index contributed by atoms with van der Waals surface area (Å²) in [5, 5.41) is 25.1. The zero-order chi connectivity index (χ0) is 33.0. The number of aliphatic hydroxyl groups excluding tert-OH is 1. The number of phenols is 1. The predicted molar refractivity (Wildman–Crippen MR) is 188 cm³/mol. The molecule has 1 spiro atoms. The monoisotopic (exact) mass is 683 g/mol. The van der Waals surface area contributed by atoms with Gasteiger partial charge in [-0.05, 0) is 81.6 Å². The zero-order valence-electron chi connectivity index (χ0n) is 27.1. The first-order chi connectivity index (χ1) is 22.7. The SMILES string of the molecule is CCCCC1=NC(C(=O)N2CCCC3(CCN(Cc4cccc(CCNC[C@H](O)c5ccc(O)c6[nH]c(=O)sc56)c4F)CC3)C2)CS1. The second kappa shape index (κ2) is 15.2. The molecule has 4 N–H and O–H groups in total. The maximum atomic E-state index is 15.6. The van der Waals surface area contributed by atoms with Crippen LogP contribution in [-0.4, -0.2) is 87.0 Å². The second-order valence-electron chi connectivity index (χ2n) is 13.3. The number of aromatic nitrogens is 1. The number of hydrogen-bond donors (Lipinski definition) is 4. The number of fused-ring (bicyclic) bond motifs is 1. The number of aromatic hydroxyl groups is 1. The minimum atomic E-state index is -0.879. The van der Waals surface area contributed by atoms with E-state index in [4.69, 9.17) is 4.99 Å². The van der Waals surface area contributed by atoms with Gasteiger partial charge in [0.15, 0.2) is 0 Å². The molecule has 1 unspecified atom stereocenters. The maximum Gasteiger partial charge on any atom is 0.305 e. The summed E-state index contributed by atoms with van der Waals surface area (Å²) in [5.74, 6) is 0.777. The molecule has 47 heavy (non-hydrogen) atoms. The van der Waals surface area contributed by atoms with Gasteiger partial charge in [0.2, 0.25) is 5.91 Å². The van der Waals surface area contributed by atoms with Gasteiger partial charge in [-0.2, -0.15) is 0 Å². The van der Waals surface area contributed by atoms with Crippen LogP contribution in [0.2, 0.25) is 0 Å². The number of amides is 1. The number of phenolic OH excluding ortho intramolecular Hbond substituents is 1. The molecule has 0 bridgehead atoms. The Labute approximate surface area is 283 Å². The van der Waals surface area contributed by atoms with Crippen molar-refractivity contribution in [3.05, 3.63) is 62.5 Å². The van der Waals surface area contributed by atoms with E-state index in [2.05, 4.69) is 27.0 Å². The second-order valence-corrected chi connectivity index (χ2v) is 15.4. The van der Waals surface area contributed by atoms with Crippen molar-refractivity contribution in [2.24, 2.45) is 10.4 Å². The number of aromatic amines is 1. The van der Waals surface area contributed by atoms with Gasteiger partial charge >= 0.3 is 4.87 Å². The van der Waals surface area contributed by atoms with Crippen LogP contribution in [0, 0.1) is 11.2 Å². The Morgan fingerprint density at radius 2 is 1.98 bits per heavy atom. The van der Waals surface area contributed by atoms with Gasteiger partial charge in [0, 0.05) is 43.1 Å². The first-order valence-electron chi connectivity index (χ1n) is 17.0. The van der Waals surface area contributed by atoms with E-state index < -0.39 is 6.10 Å². The van der Waals surface area contributed by atoms with E-state index in [0.29, 0.717) is 46.4 Å². The number of nitrogens with one attached hydrogen (secondary N) is 2. The molecule has 2 aromatic carbocycles. The van der Waals surface area contributed by atoms with Gasteiger partial charge in [0.05, 0.1) is 15.8 Å². The number of unbranched alkanes of at least 4 members (excludes halogenated alkanes) is 1. The van der Waals surface area contributed by atoms with Crippen LogP contribution in [0.5, 0.6) is 5.75 Å². The average Bonchev–Trinajstić information content (AvgIpc) is 3.71. The van der Waals surface area contributed by atoms with Crippen LogP contribution in [-0.2, 0) is 17.8 Å².